The van der Waals surface area contributed by atoms with E-state index in [2.05, 4.69) is 0 Å². The average molecular weight is 290 g/mol. The lowest BCUT2D eigenvalue weighted by molar-refractivity contribution is 0.560. The van der Waals surface area contributed by atoms with E-state index in [-0.39, 0.29) is 0 Å². The van der Waals surface area contributed by atoms with Crippen LogP contribution in [0.5, 0.6) is 0 Å². The van der Waals surface area contributed by atoms with Gasteiger partial charge in [0.15, 0.2) is 0 Å². The quantitative estimate of drug-likeness (QED) is 0.503. The fourth-order valence-electron chi connectivity index (χ4n) is 2.50. The molecule has 0 saturated carbocycles. The molecule has 0 aliphatic heterocycles. The van der Waals surface area contributed by atoms with Crippen molar-refractivity contribution in [3.63, 3.8) is 0 Å². The van der Waals surface area contributed by atoms with Crippen LogP contribution in [0.3, 0.4) is 0 Å². The minimum absolute atomic E-state index is 0.393. The van der Waals surface area contributed by atoms with Crippen LogP contribution in [0.4, 0.5) is 0 Å². The molecular weight excluding hydrogens is 280 g/mol. The van der Waals surface area contributed by atoms with Crippen molar-refractivity contribution < 1.29 is 8.83 Å². The summed E-state index contributed by atoms with van der Waals surface area (Å²) in [5.74, 6) is 0. The third-order valence-corrected chi connectivity index (χ3v) is 3.57. The normalized spacial score (nSPS) is 11.1. The monoisotopic (exact) mass is 290 g/mol. The smallest absolute Gasteiger partial charge is 0.344 e. The average Bonchev–Trinajstić information content (AvgIpc) is 2.54. The zero-order chi connectivity index (χ0) is 15.1. The Balaban J connectivity index is 1.98. The summed E-state index contributed by atoms with van der Waals surface area (Å²) in [6.07, 6.45) is 0. The van der Waals surface area contributed by atoms with Crippen molar-refractivity contribution in [1.82, 2.24) is 0 Å². The van der Waals surface area contributed by atoms with E-state index in [0.717, 1.165) is 16.3 Å². The molecule has 2 heterocycles. The van der Waals surface area contributed by atoms with Gasteiger partial charge in [-0.15, -0.1) is 0 Å². The van der Waals surface area contributed by atoms with E-state index < -0.39 is 11.3 Å². The maximum atomic E-state index is 12.2. The van der Waals surface area contributed by atoms with Gasteiger partial charge in [0.25, 0.3) is 0 Å². The van der Waals surface area contributed by atoms with Crippen molar-refractivity contribution in [2.45, 2.75) is 0 Å². The molecule has 106 valence electrons. The summed E-state index contributed by atoms with van der Waals surface area (Å²) in [7, 11) is 0. The molecular formula is C18H10O4. The van der Waals surface area contributed by atoms with Gasteiger partial charge < -0.3 is 8.83 Å². The van der Waals surface area contributed by atoms with Gasteiger partial charge in [-0.25, -0.2) is 9.59 Å². The molecule has 0 aliphatic carbocycles. The molecule has 0 atom stereocenters. The number of hydrogen-bond acceptors (Lipinski definition) is 4. The summed E-state index contributed by atoms with van der Waals surface area (Å²) in [5, 5.41) is 1.61. The highest BCUT2D eigenvalue weighted by atomic mass is 16.4. The standard InChI is InChI=1S/C18H10O4/c19-17-8-6-13-9-11(5-7-16(13)21-17)14-10-12-3-1-2-4-15(12)22-18(14)20/h1-10H. The molecule has 22 heavy (non-hydrogen) atoms. The van der Waals surface area contributed by atoms with Crippen LogP contribution >= 0.6 is 0 Å². The maximum Gasteiger partial charge on any atom is 0.344 e. The first-order chi connectivity index (χ1) is 10.7. The van der Waals surface area contributed by atoms with E-state index in [1.165, 1.54) is 6.07 Å². The van der Waals surface area contributed by atoms with E-state index in [1.807, 2.05) is 18.2 Å². The second-order valence-corrected chi connectivity index (χ2v) is 4.99. The number of rotatable bonds is 1. The summed E-state index contributed by atoms with van der Waals surface area (Å²) in [6, 6.07) is 17.4. The molecule has 0 unspecified atom stereocenters. The lowest BCUT2D eigenvalue weighted by Crippen LogP contribution is -2.02. The molecule has 0 saturated heterocycles. The SMILES string of the molecule is O=c1ccc2cc(-c3cc4ccccc4oc3=O)ccc2o1. The van der Waals surface area contributed by atoms with Gasteiger partial charge in [0, 0.05) is 16.8 Å². The van der Waals surface area contributed by atoms with E-state index in [9.17, 15) is 9.59 Å². The van der Waals surface area contributed by atoms with Crippen LogP contribution in [-0.2, 0) is 0 Å². The van der Waals surface area contributed by atoms with Gasteiger partial charge in [0.2, 0.25) is 0 Å². The highest BCUT2D eigenvalue weighted by Gasteiger charge is 2.09. The van der Waals surface area contributed by atoms with Gasteiger partial charge in [-0.05, 0) is 35.9 Å². The topological polar surface area (TPSA) is 60.4 Å². The Bertz CT molecular complexity index is 1120. The Morgan fingerprint density at radius 2 is 1.45 bits per heavy atom. The molecule has 0 N–H and O–H groups in total. The minimum Gasteiger partial charge on any atom is -0.423 e. The summed E-state index contributed by atoms with van der Waals surface area (Å²) in [5.41, 5.74) is 1.46. The molecule has 0 spiro atoms. The Hall–Kier alpha value is -3.14. The van der Waals surface area contributed by atoms with E-state index in [0.29, 0.717) is 16.7 Å². The lowest BCUT2D eigenvalue weighted by Gasteiger charge is -2.03. The number of para-hydroxylation sites is 1. The minimum atomic E-state index is -0.398. The summed E-state index contributed by atoms with van der Waals surface area (Å²) in [6.45, 7) is 0. The molecule has 4 heteroatoms. The third kappa shape index (κ3) is 2.02. The van der Waals surface area contributed by atoms with Crippen molar-refractivity contribution in [2.24, 2.45) is 0 Å². The molecule has 0 amide bonds. The van der Waals surface area contributed by atoms with Crippen LogP contribution in [0.1, 0.15) is 0 Å². The van der Waals surface area contributed by atoms with Crippen molar-refractivity contribution in [3.8, 4) is 11.1 Å². The molecule has 0 fully saturated rings. The molecule has 0 aliphatic rings. The van der Waals surface area contributed by atoms with Gasteiger partial charge in [-0.2, -0.15) is 0 Å². The van der Waals surface area contributed by atoms with Crippen molar-refractivity contribution in [1.29, 1.82) is 0 Å². The number of fused-ring (bicyclic) bond motifs is 2. The molecule has 2 aromatic carbocycles. The van der Waals surface area contributed by atoms with Crippen LogP contribution < -0.4 is 11.3 Å². The molecule has 4 aromatic rings. The fraction of sp³-hybridized carbons (Fsp3) is 0. The molecule has 0 radical (unpaired) electrons. The van der Waals surface area contributed by atoms with Crippen LogP contribution in [-0.4, -0.2) is 0 Å². The molecule has 4 nitrogen and oxygen atoms in total. The van der Waals surface area contributed by atoms with Gasteiger partial charge in [-0.1, -0.05) is 24.3 Å². The van der Waals surface area contributed by atoms with Crippen molar-refractivity contribution >= 4 is 21.9 Å². The first kappa shape index (κ1) is 12.6. The number of benzene rings is 2. The molecule has 4 rings (SSSR count). The Labute approximate surface area is 124 Å². The Morgan fingerprint density at radius 1 is 0.682 bits per heavy atom. The van der Waals surface area contributed by atoms with Gasteiger partial charge in [-0.3, -0.25) is 0 Å². The van der Waals surface area contributed by atoms with E-state index in [1.54, 1.807) is 36.4 Å². The van der Waals surface area contributed by atoms with Crippen LogP contribution in [0.25, 0.3) is 33.1 Å². The summed E-state index contributed by atoms with van der Waals surface area (Å²) >= 11 is 0. The zero-order valence-corrected chi connectivity index (χ0v) is 11.4. The maximum absolute atomic E-state index is 12.2. The first-order valence-electron chi connectivity index (χ1n) is 6.78. The summed E-state index contributed by atoms with van der Waals surface area (Å²) in [4.78, 5) is 23.4. The first-order valence-corrected chi connectivity index (χ1v) is 6.78. The Morgan fingerprint density at radius 3 is 2.36 bits per heavy atom. The fourth-order valence-corrected chi connectivity index (χ4v) is 2.50. The van der Waals surface area contributed by atoms with Gasteiger partial charge >= 0.3 is 11.3 Å². The number of hydrogen-bond donors (Lipinski definition) is 0. The predicted molar refractivity (Wildman–Crippen MR) is 84.0 cm³/mol. The van der Waals surface area contributed by atoms with Crippen LogP contribution in [0, 0.1) is 0 Å². The third-order valence-electron chi connectivity index (χ3n) is 3.57. The summed E-state index contributed by atoms with van der Waals surface area (Å²) < 4.78 is 10.4. The molecule has 0 bridgehead atoms. The largest absolute Gasteiger partial charge is 0.423 e. The van der Waals surface area contributed by atoms with Crippen molar-refractivity contribution in [3.05, 3.63) is 81.5 Å². The van der Waals surface area contributed by atoms with Crippen LogP contribution in [0.2, 0.25) is 0 Å². The van der Waals surface area contributed by atoms with Gasteiger partial charge in [0.1, 0.15) is 11.2 Å². The van der Waals surface area contributed by atoms with Crippen LogP contribution in [0.15, 0.2) is 79.1 Å². The van der Waals surface area contributed by atoms with E-state index in [4.69, 9.17) is 8.83 Å². The Kier molecular flexibility index (Phi) is 2.69. The highest BCUT2D eigenvalue weighted by Crippen LogP contribution is 2.24. The second kappa shape index (κ2) is 4.70. The second-order valence-electron chi connectivity index (χ2n) is 4.99. The highest BCUT2D eigenvalue weighted by molar-refractivity contribution is 5.86. The predicted octanol–water partition coefficient (Wildman–Crippen LogP) is 3.57. The molecule has 2 aromatic heterocycles. The van der Waals surface area contributed by atoms with Crippen molar-refractivity contribution in [2.75, 3.05) is 0 Å². The van der Waals surface area contributed by atoms with E-state index >= 15 is 0 Å². The lowest BCUT2D eigenvalue weighted by atomic mass is 10.0. The zero-order valence-electron chi connectivity index (χ0n) is 11.4. The van der Waals surface area contributed by atoms with Gasteiger partial charge in [0.05, 0.1) is 5.56 Å².